The largest absolute Gasteiger partial charge is 0.506 e. The van der Waals surface area contributed by atoms with Crippen LogP contribution < -0.4 is 10.6 Å². The average Bonchev–Trinajstić information content (AvgIpc) is 2.71. The molecule has 0 radical (unpaired) electrons. The van der Waals surface area contributed by atoms with Gasteiger partial charge in [0.25, 0.3) is 0 Å². The van der Waals surface area contributed by atoms with Crippen molar-refractivity contribution in [2.24, 2.45) is 5.92 Å². The predicted octanol–water partition coefficient (Wildman–Crippen LogP) is 3.21. The fourth-order valence-electron chi connectivity index (χ4n) is 3.23. The number of halogens is 1. The summed E-state index contributed by atoms with van der Waals surface area (Å²) in [5, 5.41) is 24.6. The highest BCUT2D eigenvalue weighted by Gasteiger charge is 2.26. The van der Waals surface area contributed by atoms with Gasteiger partial charge in [-0.15, -0.1) is 0 Å². The van der Waals surface area contributed by atoms with Crippen LogP contribution in [0.3, 0.4) is 0 Å². The molecule has 0 aliphatic carbocycles. The van der Waals surface area contributed by atoms with Crippen LogP contribution in [-0.4, -0.2) is 41.5 Å². The summed E-state index contributed by atoms with van der Waals surface area (Å²) in [5.74, 6) is -0.517. The van der Waals surface area contributed by atoms with Crippen LogP contribution in [0.1, 0.15) is 18.4 Å². The Morgan fingerprint density at radius 1 is 1.14 bits per heavy atom. The smallest absolute Gasteiger partial charge is 0.238 e. The third-order valence-electron chi connectivity index (χ3n) is 4.84. The topological polar surface area (TPSA) is 105 Å². The van der Waals surface area contributed by atoms with E-state index in [-0.39, 0.29) is 30.0 Å². The Balaban J connectivity index is 1.46. The number of aromatic hydroxyl groups is 1. The number of nitrogens with one attached hydrogen (secondary N) is 2. The second-order valence-electron chi connectivity index (χ2n) is 6.94. The molecule has 7 nitrogen and oxygen atoms in total. The molecule has 1 aliphatic rings. The molecule has 1 fully saturated rings. The summed E-state index contributed by atoms with van der Waals surface area (Å²) in [6, 6.07) is 13.2. The Labute approximate surface area is 173 Å². The van der Waals surface area contributed by atoms with Gasteiger partial charge < -0.3 is 15.7 Å². The fraction of sp³-hybridized carbons (Fsp3) is 0.286. The highest BCUT2D eigenvalue weighted by molar-refractivity contribution is 6.31. The molecule has 1 saturated heterocycles. The zero-order chi connectivity index (χ0) is 20.8. The molecule has 3 N–H and O–H groups in total. The molecule has 2 amide bonds. The number of benzene rings is 2. The predicted molar refractivity (Wildman–Crippen MR) is 111 cm³/mol. The average molecular weight is 413 g/mol. The lowest BCUT2D eigenvalue weighted by Crippen LogP contribution is -2.41. The van der Waals surface area contributed by atoms with Crippen LogP contribution in [0.25, 0.3) is 0 Å². The molecule has 0 bridgehead atoms. The second-order valence-corrected chi connectivity index (χ2v) is 7.37. The van der Waals surface area contributed by atoms with E-state index in [2.05, 4.69) is 10.6 Å². The first-order valence-corrected chi connectivity index (χ1v) is 9.64. The first kappa shape index (κ1) is 20.6. The molecule has 0 unspecified atom stereocenters. The first-order chi connectivity index (χ1) is 13.9. The molecule has 0 atom stereocenters. The van der Waals surface area contributed by atoms with Gasteiger partial charge in [-0.05, 0) is 68.4 Å². The van der Waals surface area contributed by atoms with Crippen molar-refractivity contribution in [3.8, 4) is 11.8 Å². The van der Waals surface area contributed by atoms with Gasteiger partial charge in [0.1, 0.15) is 5.75 Å². The van der Waals surface area contributed by atoms with Crippen LogP contribution in [0, 0.1) is 17.2 Å². The van der Waals surface area contributed by atoms with Gasteiger partial charge in [0.15, 0.2) is 0 Å². The van der Waals surface area contributed by atoms with Crippen molar-refractivity contribution < 1.29 is 14.7 Å². The van der Waals surface area contributed by atoms with Crippen molar-refractivity contribution in [2.45, 2.75) is 12.8 Å². The monoisotopic (exact) mass is 412 g/mol. The number of nitriles is 1. The van der Waals surface area contributed by atoms with Crippen molar-refractivity contribution in [1.29, 1.82) is 5.26 Å². The maximum Gasteiger partial charge on any atom is 0.238 e. The number of phenols is 1. The van der Waals surface area contributed by atoms with E-state index >= 15 is 0 Å². The standard InChI is InChI=1S/C21H21ClN4O3/c22-16-3-6-19(27)18(11-16)25-21(29)15-7-9-26(10-8-15)13-20(28)24-17-4-1-14(12-23)2-5-17/h1-6,11,15,27H,7-10,13H2,(H,24,28)(H,25,29). The summed E-state index contributed by atoms with van der Waals surface area (Å²) in [6.45, 7) is 1.49. The van der Waals surface area contributed by atoms with Crippen LogP contribution in [0.2, 0.25) is 5.02 Å². The van der Waals surface area contributed by atoms with E-state index < -0.39 is 0 Å². The minimum Gasteiger partial charge on any atom is -0.506 e. The zero-order valence-corrected chi connectivity index (χ0v) is 16.4. The molecule has 3 rings (SSSR count). The minimum absolute atomic E-state index is 0.0281. The van der Waals surface area contributed by atoms with Crippen LogP contribution in [0.15, 0.2) is 42.5 Å². The van der Waals surface area contributed by atoms with Gasteiger partial charge >= 0.3 is 0 Å². The lowest BCUT2D eigenvalue weighted by molar-refractivity contribution is -0.121. The molecule has 2 aromatic carbocycles. The van der Waals surface area contributed by atoms with Crippen LogP contribution in [-0.2, 0) is 9.59 Å². The number of hydrogen-bond acceptors (Lipinski definition) is 5. The van der Waals surface area contributed by atoms with Crippen LogP contribution in [0.4, 0.5) is 11.4 Å². The molecular formula is C21H21ClN4O3. The highest BCUT2D eigenvalue weighted by Crippen LogP contribution is 2.28. The van der Waals surface area contributed by atoms with Crippen LogP contribution >= 0.6 is 11.6 Å². The van der Waals surface area contributed by atoms with E-state index in [1.807, 2.05) is 11.0 Å². The van der Waals surface area contributed by atoms with E-state index in [9.17, 15) is 14.7 Å². The maximum absolute atomic E-state index is 12.5. The van der Waals surface area contributed by atoms with Crippen molar-refractivity contribution in [1.82, 2.24) is 4.90 Å². The molecule has 0 saturated carbocycles. The summed E-state index contributed by atoms with van der Waals surface area (Å²) in [5.41, 5.74) is 1.48. The molecule has 0 spiro atoms. The molecule has 2 aromatic rings. The molecule has 29 heavy (non-hydrogen) atoms. The van der Waals surface area contributed by atoms with E-state index in [4.69, 9.17) is 16.9 Å². The number of nitrogens with zero attached hydrogens (tertiary/aromatic N) is 2. The summed E-state index contributed by atoms with van der Waals surface area (Å²) < 4.78 is 0. The van der Waals surface area contributed by atoms with E-state index in [1.54, 1.807) is 30.3 Å². The Morgan fingerprint density at radius 2 is 1.83 bits per heavy atom. The van der Waals surface area contributed by atoms with Gasteiger partial charge in [-0.1, -0.05) is 11.6 Å². The summed E-state index contributed by atoms with van der Waals surface area (Å²) >= 11 is 5.91. The summed E-state index contributed by atoms with van der Waals surface area (Å²) in [7, 11) is 0. The van der Waals surface area contributed by atoms with Gasteiger partial charge in [0.2, 0.25) is 11.8 Å². The number of anilines is 2. The third-order valence-corrected chi connectivity index (χ3v) is 5.07. The summed E-state index contributed by atoms with van der Waals surface area (Å²) in [6.07, 6.45) is 1.24. The molecule has 1 heterocycles. The summed E-state index contributed by atoms with van der Waals surface area (Å²) in [4.78, 5) is 26.7. The van der Waals surface area contributed by atoms with Gasteiger partial charge in [0.05, 0.1) is 23.9 Å². The van der Waals surface area contributed by atoms with E-state index in [1.165, 1.54) is 12.1 Å². The highest BCUT2D eigenvalue weighted by atomic mass is 35.5. The lowest BCUT2D eigenvalue weighted by Gasteiger charge is -2.30. The second kappa shape index (κ2) is 9.41. The number of piperidine rings is 1. The lowest BCUT2D eigenvalue weighted by atomic mass is 9.95. The third kappa shape index (κ3) is 5.70. The van der Waals surface area contributed by atoms with E-state index in [0.717, 1.165) is 0 Å². The van der Waals surface area contributed by atoms with Gasteiger partial charge in [-0.2, -0.15) is 5.26 Å². The number of amides is 2. The molecule has 8 heteroatoms. The molecule has 1 aliphatic heterocycles. The van der Waals surface area contributed by atoms with Crippen molar-refractivity contribution in [3.63, 3.8) is 0 Å². The Bertz CT molecular complexity index is 932. The number of carbonyl (C=O) groups excluding carboxylic acids is 2. The first-order valence-electron chi connectivity index (χ1n) is 9.26. The Morgan fingerprint density at radius 3 is 2.48 bits per heavy atom. The maximum atomic E-state index is 12.5. The zero-order valence-electron chi connectivity index (χ0n) is 15.7. The van der Waals surface area contributed by atoms with Crippen molar-refractivity contribution in [3.05, 3.63) is 53.1 Å². The number of carbonyl (C=O) groups is 2. The van der Waals surface area contributed by atoms with E-state index in [0.29, 0.717) is 47.9 Å². The quantitative estimate of drug-likeness (QED) is 0.654. The van der Waals surface area contributed by atoms with Gasteiger partial charge in [0, 0.05) is 16.6 Å². The SMILES string of the molecule is N#Cc1ccc(NC(=O)CN2CCC(C(=O)Nc3cc(Cl)ccc3O)CC2)cc1. The minimum atomic E-state index is -0.189. The molecular weight excluding hydrogens is 392 g/mol. The Hall–Kier alpha value is -3.08. The van der Waals surface area contributed by atoms with Crippen molar-refractivity contribution in [2.75, 3.05) is 30.3 Å². The molecule has 0 aromatic heterocycles. The van der Waals surface area contributed by atoms with Gasteiger partial charge in [-0.25, -0.2) is 0 Å². The van der Waals surface area contributed by atoms with Gasteiger partial charge in [-0.3, -0.25) is 14.5 Å². The number of phenolic OH excluding ortho intramolecular Hbond substituents is 1. The van der Waals surface area contributed by atoms with Crippen LogP contribution in [0.5, 0.6) is 5.75 Å². The molecule has 150 valence electrons. The van der Waals surface area contributed by atoms with Crippen molar-refractivity contribution >= 4 is 34.8 Å². The Kier molecular flexibility index (Phi) is 6.70. The number of likely N-dealkylation sites (tertiary alicyclic amines) is 1. The number of rotatable bonds is 5. The fourth-order valence-corrected chi connectivity index (χ4v) is 3.40. The normalized spacial score (nSPS) is 14.8. The number of hydrogen-bond donors (Lipinski definition) is 3.